The molecule has 2 aliphatic rings. The molecule has 144 valence electrons. The van der Waals surface area contributed by atoms with Gasteiger partial charge in [0.05, 0.1) is 18.2 Å². The Balaban J connectivity index is 1.29. The molecule has 1 aromatic heterocycles. The second kappa shape index (κ2) is 8.16. The molecule has 1 aromatic carbocycles. The van der Waals surface area contributed by atoms with E-state index in [4.69, 9.17) is 14.4 Å². The second-order valence-electron chi connectivity index (χ2n) is 7.11. The second-order valence-corrected chi connectivity index (χ2v) is 7.11. The molecule has 0 bridgehead atoms. The molecule has 2 saturated heterocycles. The van der Waals surface area contributed by atoms with Crippen molar-refractivity contribution in [3.8, 4) is 11.4 Å². The largest absolute Gasteiger partial charge is 0.478 e. The Hall–Kier alpha value is -2.29. The van der Waals surface area contributed by atoms with Gasteiger partial charge in [-0.2, -0.15) is 4.98 Å². The Morgan fingerprint density at radius 2 is 1.89 bits per heavy atom. The summed E-state index contributed by atoms with van der Waals surface area (Å²) in [6.07, 6.45) is 2.77. The summed E-state index contributed by atoms with van der Waals surface area (Å²) in [7, 11) is 0. The molecule has 8 nitrogen and oxygen atoms in total. The van der Waals surface area contributed by atoms with E-state index in [0.29, 0.717) is 24.4 Å². The minimum Gasteiger partial charge on any atom is -0.478 e. The van der Waals surface area contributed by atoms with Crippen LogP contribution in [-0.2, 0) is 11.3 Å². The smallest absolute Gasteiger partial charge is 0.335 e. The lowest BCUT2D eigenvalue weighted by atomic mass is 10.1. The lowest BCUT2D eigenvalue weighted by Gasteiger charge is -2.34. The molecular formula is C19H24N4O4. The SMILES string of the molecule is O=C(O)c1ccc(-c2noc(CN3CCN(C[C@H]4CCCO4)CC3)n2)cc1. The van der Waals surface area contributed by atoms with Gasteiger partial charge in [-0.05, 0) is 25.0 Å². The number of nitrogens with zero attached hydrogens (tertiary/aromatic N) is 4. The fraction of sp³-hybridized carbons (Fsp3) is 0.526. The molecule has 0 aliphatic carbocycles. The summed E-state index contributed by atoms with van der Waals surface area (Å²) in [5.41, 5.74) is 0.986. The number of hydrogen-bond acceptors (Lipinski definition) is 7. The molecule has 27 heavy (non-hydrogen) atoms. The third kappa shape index (κ3) is 4.52. The van der Waals surface area contributed by atoms with Gasteiger partial charge in [-0.25, -0.2) is 4.79 Å². The first kappa shape index (κ1) is 18.1. The molecule has 0 spiro atoms. The first-order valence-corrected chi connectivity index (χ1v) is 9.40. The van der Waals surface area contributed by atoms with Crippen molar-refractivity contribution in [1.29, 1.82) is 0 Å². The van der Waals surface area contributed by atoms with Crippen molar-refractivity contribution >= 4 is 5.97 Å². The van der Waals surface area contributed by atoms with E-state index < -0.39 is 5.97 Å². The average Bonchev–Trinajstić information content (AvgIpc) is 3.36. The van der Waals surface area contributed by atoms with E-state index >= 15 is 0 Å². The molecule has 0 radical (unpaired) electrons. The highest BCUT2D eigenvalue weighted by Crippen LogP contribution is 2.18. The lowest BCUT2D eigenvalue weighted by Crippen LogP contribution is -2.48. The van der Waals surface area contributed by atoms with Gasteiger partial charge in [-0.1, -0.05) is 17.3 Å². The number of rotatable bonds is 6. The molecule has 2 aliphatic heterocycles. The van der Waals surface area contributed by atoms with Crippen LogP contribution in [0.15, 0.2) is 28.8 Å². The molecule has 8 heteroatoms. The van der Waals surface area contributed by atoms with Gasteiger partial charge in [0, 0.05) is 44.9 Å². The molecular weight excluding hydrogens is 348 g/mol. The van der Waals surface area contributed by atoms with E-state index in [9.17, 15) is 4.79 Å². The van der Waals surface area contributed by atoms with Crippen molar-refractivity contribution in [2.24, 2.45) is 0 Å². The van der Waals surface area contributed by atoms with Crippen LogP contribution in [0.4, 0.5) is 0 Å². The minimum absolute atomic E-state index is 0.239. The average molecular weight is 372 g/mol. The van der Waals surface area contributed by atoms with Crippen molar-refractivity contribution in [2.75, 3.05) is 39.3 Å². The first-order valence-electron chi connectivity index (χ1n) is 9.40. The van der Waals surface area contributed by atoms with Gasteiger partial charge in [0.2, 0.25) is 11.7 Å². The van der Waals surface area contributed by atoms with Crippen molar-refractivity contribution < 1.29 is 19.2 Å². The summed E-state index contributed by atoms with van der Waals surface area (Å²) < 4.78 is 11.1. The molecule has 0 unspecified atom stereocenters. The first-order chi connectivity index (χ1) is 13.2. The van der Waals surface area contributed by atoms with Crippen LogP contribution >= 0.6 is 0 Å². The summed E-state index contributed by atoms with van der Waals surface area (Å²) in [6, 6.07) is 6.48. The predicted octanol–water partition coefficient (Wildman–Crippen LogP) is 1.73. The van der Waals surface area contributed by atoms with Crippen LogP contribution < -0.4 is 0 Å². The fourth-order valence-corrected chi connectivity index (χ4v) is 3.60. The van der Waals surface area contributed by atoms with Crippen molar-refractivity contribution in [3.63, 3.8) is 0 Å². The maximum Gasteiger partial charge on any atom is 0.335 e. The standard InChI is InChI=1S/C19H24N4O4/c24-19(25)15-5-3-14(4-6-15)18-20-17(27-21-18)13-23-9-7-22(8-10-23)12-16-2-1-11-26-16/h3-6,16H,1-2,7-13H2,(H,24,25)/t16-/m1/s1. The Morgan fingerprint density at radius 3 is 2.56 bits per heavy atom. The van der Waals surface area contributed by atoms with Crippen LogP contribution in [0.3, 0.4) is 0 Å². The van der Waals surface area contributed by atoms with E-state index in [1.54, 1.807) is 24.3 Å². The zero-order chi connectivity index (χ0) is 18.6. The van der Waals surface area contributed by atoms with Gasteiger partial charge in [-0.15, -0.1) is 0 Å². The summed E-state index contributed by atoms with van der Waals surface area (Å²) in [5.74, 6) is 0.118. The van der Waals surface area contributed by atoms with Gasteiger partial charge >= 0.3 is 5.97 Å². The summed E-state index contributed by atoms with van der Waals surface area (Å²) in [4.78, 5) is 20.2. The molecule has 3 heterocycles. The Labute approximate surface area is 157 Å². The van der Waals surface area contributed by atoms with Crippen LogP contribution in [0.5, 0.6) is 0 Å². The monoisotopic (exact) mass is 372 g/mol. The maximum absolute atomic E-state index is 10.9. The molecule has 2 fully saturated rings. The van der Waals surface area contributed by atoms with E-state index in [1.165, 1.54) is 12.8 Å². The van der Waals surface area contributed by atoms with Gasteiger partial charge in [0.1, 0.15) is 0 Å². The zero-order valence-electron chi connectivity index (χ0n) is 15.2. The van der Waals surface area contributed by atoms with Crippen LogP contribution in [-0.4, -0.2) is 76.5 Å². The Morgan fingerprint density at radius 1 is 1.15 bits per heavy atom. The van der Waals surface area contributed by atoms with Crippen LogP contribution in [0.2, 0.25) is 0 Å². The number of carbonyl (C=O) groups is 1. The lowest BCUT2D eigenvalue weighted by molar-refractivity contribution is 0.0468. The number of ether oxygens (including phenoxy) is 1. The highest BCUT2D eigenvalue weighted by molar-refractivity contribution is 5.88. The number of aromatic carboxylic acids is 1. The van der Waals surface area contributed by atoms with Gasteiger partial charge in [0.25, 0.3) is 0 Å². The third-order valence-corrected chi connectivity index (χ3v) is 5.17. The van der Waals surface area contributed by atoms with Gasteiger partial charge < -0.3 is 14.4 Å². The maximum atomic E-state index is 10.9. The minimum atomic E-state index is -0.950. The third-order valence-electron chi connectivity index (χ3n) is 5.17. The topological polar surface area (TPSA) is 91.9 Å². The Bertz CT molecular complexity index is 762. The highest BCUT2D eigenvalue weighted by Gasteiger charge is 2.23. The quantitative estimate of drug-likeness (QED) is 0.820. The number of carboxylic acids is 1. The molecule has 2 aromatic rings. The normalized spacial score (nSPS) is 21.6. The molecule has 4 rings (SSSR count). The van der Waals surface area contributed by atoms with Gasteiger partial charge in [-0.3, -0.25) is 9.80 Å². The van der Waals surface area contributed by atoms with E-state index in [1.807, 2.05) is 0 Å². The van der Waals surface area contributed by atoms with Crippen LogP contribution in [0, 0.1) is 0 Å². The Kier molecular flexibility index (Phi) is 5.47. The summed E-state index contributed by atoms with van der Waals surface area (Å²) >= 11 is 0. The summed E-state index contributed by atoms with van der Waals surface area (Å²) in [6.45, 7) is 6.56. The highest BCUT2D eigenvalue weighted by atomic mass is 16.5. The number of carboxylic acid groups (broad SMARTS) is 1. The van der Waals surface area contributed by atoms with Crippen LogP contribution in [0.25, 0.3) is 11.4 Å². The molecule has 1 atom stereocenters. The van der Waals surface area contributed by atoms with E-state index in [0.717, 1.165) is 44.9 Å². The van der Waals surface area contributed by atoms with E-state index in [-0.39, 0.29) is 5.56 Å². The number of hydrogen-bond donors (Lipinski definition) is 1. The summed E-state index contributed by atoms with van der Waals surface area (Å²) in [5, 5.41) is 13.0. The van der Waals surface area contributed by atoms with Crippen LogP contribution in [0.1, 0.15) is 29.1 Å². The number of aromatic nitrogens is 2. The molecule has 0 saturated carbocycles. The molecule has 1 N–H and O–H groups in total. The van der Waals surface area contributed by atoms with Crippen molar-refractivity contribution in [3.05, 3.63) is 35.7 Å². The predicted molar refractivity (Wildman–Crippen MR) is 97.4 cm³/mol. The van der Waals surface area contributed by atoms with Gasteiger partial charge in [0.15, 0.2) is 0 Å². The molecule has 0 amide bonds. The number of piperazine rings is 1. The van der Waals surface area contributed by atoms with E-state index in [2.05, 4.69) is 19.9 Å². The van der Waals surface area contributed by atoms with Crippen molar-refractivity contribution in [1.82, 2.24) is 19.9 Å². The van der Waals surface area contributed by atoms with Crippen molar-refractivity contribution in [2.45, 2.75) is 25.5 Å². The zero-order valence-corrected chi connectivity index (χ0v) is 15.2. The fourth-order valence-electron chi connectivity index (χ4n) is 3.60. The number of benzene rings is 1.